The fourth-order valence-corrected chi connectivity index (χ4v) is 3.82. The molecule has 1 amide bonds. The van der Waals surface area contributed by atoms with Gasteiger partial charge in [0, 0.05) is 18.7 Å². The van der Waals surface area contributed by atoms with Crippen LogP contribution in [0.25, 0.3) is 0 Å². The highest BCUT2D eigenvalue weighted by atomic mass is 35.5. The second-order valence-electron chi connectivity index (χ2n) is 5.48. The first-order chi connectivity index (χ1) is 12.3. The number of anilines is 1. The molecule has 2 N–H and O–H groups in total. The number of sulfonamides is 1. The van der Waals surface area contributed by atoms with Gasteiger partial charge in [-0.3, -0.25) is 14.5 Å². The summed E-state index contributed by atoms with van der Waals surface area (Å²) in [4.78, 5) is 20.3. The lowest BCUT2D eigenvalue weighted by atomic mass is 10.3. The number of aromatic nitrogens is 1. The predicted molar refractivity (Wildman–Crippen MR) is 101 cm³/mol. The Bertz CT molecular complexity index is 993. The molecular weight excluding hydrogens is 399 g/mol. The summed E-state index contributed by atoms with van der Waals surface area (Å²) in [5.41, 5.74) is 0.231. The van der Waals surface area contributed by atoms with Crippen LogP contribution in [0.5, 0.6) is 0 Å². The molecular formula is C16H14Cl2N4O3S. The van der Waals surface area contributed by atoms with E-state index >= 15 is 0 Å². The third kappa shape index (κ3) is 4.32. The van der Waals surface area contributed by atoms with Crippen LogP contribution < -0.4 is 10.0 Å². The van der Waals surface area contributed by atoms with Crippen LogP contribution in [0.3, 0.4) is 0 Å². The van der Waals surface area contributed by atoms with E-state index in [4.69, 9.17) is 23.2 Å². The molecule has 136 valence electrons. The highest BCUT2D eigenvalue weighted by molar-refractivity contribution is 7.90. The number of hydrogen-bond acceptors (Lipinski definition) is 5. The largest absolute Gasteiger partial charge is 0.321 e. The van der Waals surface area contributed by atoms with Crippen molar-refractivity contribution in [1.29, 1.82) is 0 Å². The van der Waals surface area contributed by atoms with Crippen LogP contribution in [0.4, 0.5) is 5.69 Å². The zero-order chi connectivity index (χ0) is 18.7. The summed E-state index contributed by atoms with van der Waals surface area (Å²) >= 11 is 11.7. The smallest absolute Gasteiger partial charge is 0.275 e. The summed E-state index contributed by atoms with van der Waals surface area (Å²) in [7, 11) is -3.78. The maximum atomic E-state index is 12.4. The third-order valence-corrected chi connectivity index (χ3v) is 5.45. The molecule has 0 radical (unpaired) electrons. The average Bonchev–Trinajstić information content (AvgIpc) is 3.09. The molecule has 0 saturated carbocycles. The van der Waals surface area contributed by atoms with Gasteiger partial charge in [-0.1, -0.05) is 29.3 Å². The van der Waals surface area contributed by atoms with Crippen molar-refractivity contribution in [1.82, 2.24) is 9.71 Å². The summed E-state index contributed by atoms with van der Waals surface area (Å²) in [5, 5.41) is 2.82. The molecule has 2 aromatic rings. The molecule has 0 fully saturated rings. The molecule has 1 aliphatic rings. The highest BCUT2D eigenvalue weighted by Crippen LogP contribution is 2.20. The van der Waals surface area contributed by atoms with E-state index in [1.807, 2.05) is 0 Å². The van der Waals surface area contributed by atoms with Crippen molar-refractivity contribution in [2.45, 2.75) is 17.7 Å². The van der Waals surface area contributed by atoms with Gasteiger partial charge in [0.25, 0.3) is 15.9 Å². The van der Waals surface area contributed by atoms with Crippen LogP contribution >= 0.6 is 23.2 Å². The molecule has 0 bridgehead atoms. The van der Waals surface area contributed by atoms with Crippen molar-refractivity contribution >= 4 is 50.7 Å². The van der Waals surface area contributed by atoms with E-state index in [1.165, 1.54) is 30.3 Å². The van der Waals surface area contributed by atoms with E-state index in [2.05, 4.69) is 20.0 Å². The number of amidine groups is 1. The summed E-state index contributed by atoms with van der Waals surface area (Å²) < 4.78 is 27.3. The van der Waals surface area contributed by atoms with Gasteiger partial charge in [-0.05, 0) is 36.8 Å². The van der Waals surface area contributed by atoms with Crippen molar-refractivity contribution < 1.29 is 13.2 Å². The lowest BCUT2D eigenvalue weighted by Crippen LogP contribution is -2.29. The van der Waals surface area contributed by atoms with Gasteiger partial charge in [-0.15, -0.1) is 0 Å². The van der Waals surface area contributed by atoms with Gasteiger partial charge in [-0.25, -0.2) is 13.4 Å². The van der Waals surface area contributed by atoms with Crippen molar-refractivity contribution in [2.75, 3.05) is 11.9 Å². The number of carbonyl (C=O) groups excluding carboxylic acids is 1. The summed E-state index contributed by atoms with van der Waals surface area (Å²) in [5.74, 6) is -0.158. The first-order valence-electron chi connectivity index (χ1n) is 7.65. The van der Waals surface area contributed by atoms with Gasteiger partial charge >= 0.3 is 0 Å². The maximum absolute atomic E-state index is 12.4. The monoisotopic (exact) mass is 412 g/mol. The first-order valence-corrected chi connectivity index (χ1v) is 9.89. The van der Waals surface area contributed by atoms with Gasteiger partial charge in [0.2, 0.25) is 0 Å². The fraction of sp³-hybridized carbons (Fsp3) is 0.188. The zero-order valence-electron chi connectivity index (χ0n) is 13.4. The van der Waals surface area contributed by atoms with Crippen molar-refractivity contribution in [3.05, 3.63) is 52.3 Å². The fourth-order valence-electron chi connectivity index (χ4n) is 2.35. The molecule has 1 aromatic heterocycles. The average molecular weight is 413 g/mol. The Balaban J connectivity index is 1.81. The maximum Gasteiger partial charge on any atom is 0.275 e. The van der Waals surface area contributed by atoms with Gasteiger partial charge in [0.15, 0.2) is 0 Å². The Hall–Kier alpha value is -2.16. The van der Waals surface area contributed by atoms with Crippen LogP contribution in [0.15, 0.2) is 46.3 Å². The molecule has 26 heavy (non-hydrogen) atoms. The van der Waals surface area contributed by atoms with E-state index < -0.39 is 15.9 Å². The number of nitrogens with zero attached hydrogens (tertiary/aromatic N) is 2. The van der Waals surface area contributed by atoms with E-state index in [-0.39, 0.29) is 26.5 Å². The topological polar surface area (TPSA) is 101 Å². The highest BCUT2D eigenvalue weighted by Gasteiger charge is 2.19. The Morgan fingerprint density at radius 3 is 2.69 bits per heavy atom. The third-order valence-electron chi connectivity index (χ3n) is 3.56. The van der Waals surface area contributed by atoms with Gasteiger partial charge < -0.3 is 5.32 Å². The molecule has 7 nitrogen and oxygen atoms in total. The lowest BCUT2D eigenvalue weighted by molar-refractivity contribution is 0.102. The molecule has 1 aromatic carbocycles. The summed E-state index contributed by atoms with van der Waals surface area (Å²) in [6, 6.07) is 8.77. The number of carbonyl (C=O) groups is 1. The molecule has 0 saturated heterocycles. The van der Waals surface area contributed by atoms with Crippen LogP contribution in [0.1, 0.15) is 23.3 Å². The molecule has 10 heteroatoms. The normalized spacial score (nSPS) is 14.0. The van der Waals surface area contributed by atoms with E-state index in [9.17, 15) is 13.2 Å². The van der Waals surface area contributed by atoms with Crippen molar-refractivity contribution in [2.24, 2.45) is 4.99 Å². The number of benzene rings is 1. The number of amides is 1. The second-order valence-corrected chi connectivity index (χ2v) is 7.96. The number of pyridine rings is 1. The van der Waals surface area contributed by atoms with Gasteiger partial charge in [-0.2, -0.15) is 0 Å². The standard InChI is InChI=1S/C16H14Cl2N4O3S/c17-12-6-7-13(18)21-15(12)16(23)20-10-3-1-4-11(9-10)26(24,25)22-14-5-2-8-19-14/h1,3-4,6-7,9H,2,5,8H2,(H,19,22)(H,20,23). The minimum absolute atomic E-state index is 0.00931. The van der Waals surface area contributed by atoms with Crippen LogP contribution in [0.2, 0.25) is 10.2 Å². The number of hydrogen-bond donors (Lipinski definition) is 2. The molecule has 1 aliphatic heterocycles. The first kappa shape index (κ1) is 18.6. The van der Waals surface area contributed by atoms with Crippen LogP contribution in [0, 0.1) is 0 Å². The Morgan fingerprint density at radius 1 is 1.15 bits per heavy atom. The molecule has 0 unspecified atom stereocenters. The van der Waals surface area contributed by atoms with Crippen molar-refractivity contribution in [3.8, 4) is 0 Å². The molecule has 0 spiro atoms. The quantitative estimate of drug-likeness (QED) is 0.753. The second kappa shape index (κ2) is 7.61. The number of nitrogens with one attached hydrogen (secondary N) is 2. The minimum atomic E-state index is -3.78. The SMILES string of the molecule is O=C(Nc1cccc(S(=O)(=O)NC2=NCCC2)c1)c1nc(Cl)ccc1Cl. The number of halogens is 2. The molecule has 2 heterocycles. The molecule has 0 aliphatic carbocycles. The predicted octanol–water partition coefficient (Wildman–Crippen LogP) is 3.11. The Kier molecular flexibility index (Phi) is 5.45. The number of aliphatic imine (C=N–C) groups is 1. The number of rotatable bonds is 4. The van der Waals surface area contributed by atoms with Gasteiger partial charge in [0.1, 0.15) is 16.7 Å². The van der Waals surface area contributed by atoms with E-state index in [1.54, 1.807) is 6.07 Å². The van der Waals surface area contributed by atoms with Gasteiger partial charge in [0.05, 0.1) is 9.92 Å². The molecule has 3 rings (SSSR count). The Labute approximate surface area is 160 Å². The van der Waals surface area contributed by atoms with Crippen molar-refractivity contribution in [3.63, 3.8) is 0 Å². The summed E-state index contributed by atoms with van der Waals surface area (Å²) in [6.45, 7) is 0.612. The zero-order valence-corrected chi connectivity index (χ0v) is 15.7. The summed E-state index contributed by atoms with van der Waals surface area (Å²) in [6.07, 6.45) is 1.41. The molecule has 0 atom stereocenters. The van der Waals surface area contributed by atoms with Crippen LogP contribution in [-0.4, -0.2) is 31.7 Å². The minimum Gasteiger partial charge on any atom is -0.321 e. The van der Waals surface area contributed by atoms with E-state index in [0.29, 0.717) is 18.8 Å². The Morgan fingerprint density at radius 2 is 1.96 bits per heavy atom. The lowest BCUT2D eigenvalue weighted by Gasteiger charge is -2.10. The van der Waals surface area contributed by atoms with E-state index in [0.717, 1.165) is 6.42 Å². The van der Waals surface area contributed by atoms with Crippen LogP contribution in [-0.2, 0) is 10.0 Å².